The summed E-state index contributed by atoms with van der Waals surface area (Å²) in [4.78, 5) is 24.2. The summed E-state index contributed by atoms with van der Waals surface area (Å²) in [5, 5.41) is 7.83. The highest BCUT2D eigenvalue weighted by atomic mass is 16.4. The first-order chi connectivity index (χ1) is 14.0. The summed E-state index contributed by atoms with van der Waals surface area (Å²) in [5.41, 5.74) is 8.59. The number of hydrazone groups is 2. The Labute approximate surface area is 168 Å². The molecule has 29 heavy (non-hydrogen) atoms. The molecular weight excluding hydrogens is 368 g/mol. The van der Waals surface area contributed by atoms with Gasteiger partial charge >= 0.3 is 11.8 Å². The Kier molecular flexibility index (Phi) is 6.32. The maximum atomic E-state index is 12.1. The predicted octanol–water partition coefficient (Wildman–Crippen LogP) is 3.42. The van der Waals surface area contributed by atoms with Crippen LogP contribution in [0, 0.1) is 13.8 Å². The zero-order valence-electron chi connectivity index (χ0n) is 16.0. The van der Waals surface area contributed by atoms with Crippen molar-refractivity contribution >= 4 is 24.2 Å². The topological polar surface area (TPSA) is 96.1 Å². The van der Waals surface area contributed by atoms with Crippen molar-refractivity contribution in [3.05, 3.63) is 94.4 Å². The molecule has 0 bridgehead atoms. The van der Waals surface area contributed by atoms with Crippen LogP contribution in [0.15, 0.2) is 75.3 Å². The summed E-state index contributed by atoms with van der Waals surface area (Å²) in [6.45, 7) is 3.89. The molecule has 0 saturated heterocycles. The summed E-state index contributed by atoms with van der Waals surface area (Å²) in [7, 11) is 0. The normalized spacial score (nSPS) is 11.1. The van der Waals surface area contributed by atoms with Gasteiger partial charge in [0.1, 0.15) is 0 Å². The van der Waals surface area contributed by atoms with Crippen molar-refractivity contribution in [2.24, 2.45) is 10.2 Å². The quantitative estimate of drug-likeness (QED) is 0.500. The average molecular weight is 388 g/mol. The second kappa shape index (κ2) is 9.27. The number of benzene rings is 2. The van der Waals surface area contributed by atoms with Crippen LogP contribution in [0.2, 0.25) is 0 Å². The molecule has 1 heterocycles. The highest BCUT2D eigenvalue weighted by Gasteiger charge is 2.15. The van der Waals surface area contributed by atoms with Gasteiger partial charge in [0.25, 0.3) is 0 Å². The van der Waals surface area contributed by atoms with Crippen molar-refractivity contribution in [1.29, 1.82) is 0 Å². The molecule has 0 atom stereocenters. The third kappa shape index (κ3) is 5.26. The van der Waals surface area contributed by atoms with E-state index in [1.807, 2.05) is 62.4 Å². The number of rotatable bonds is 6. The standard InChI is InChI=1S/C22H20N4O3/c1-15-7-3-5-9-17(15)13-23-25-21(27)19-11-12-20(29-19)22(28)26-24-14-18-10-6-4-8-16(18)2/h3-14H,1-2H3,(H,25,27)(H,26,28). The van der Waals surface area contributed by atoms with Gasteiger partial charge < -0.3 is 4.42 Å². The lowest BCUT2D eigenvalue weighted by Gasteiger charge is -1.99. The molecule has 0 saturated carbocycles. The molecule has 2 amide bonds. The minimum Gasteiger partial charge on any atom is -0.446 e. The zero-order valence-corrected chi connectivity index (χ0v) is 16.0. The molecule has 0 fully saturated rings. The van der Waals surface area contributed by atoms with Gasteiger partial charge in [0.2, 0.25) is 0 Å². The van der Waals surface area contributed by atoms with Gasteiger partial charge in [-0.15, -0.1) is 0 Å². The van der Waals surface area contributed by atoms with Crippen LogP contribution in [-0.2, 0) is 0 Å². The van der Waals surface area contributed by atoms with Crippen LogP contribution in [0.4, 0.5) is 0 Å². The molecule has 2 N–H and O–H groups in total. The molecule has 7 nitrogen and oxygen atoms in total. The molecule has 0 unspecified atom stereocenters. The maximum Gasteiger partial charge on any atom is 0.307 e. The highest BCUT2D eigenvalue weighted by Crippen LogP contribution is 2.08. The van der Waals surface area contributed by atoms with Crippen LogP contribution < -0.4 is 10.9 Å². The Bertz CT molecular complexity index is 999. The third-order valence-electron chi connectivity index (χ3n) is 4.17. The van der Waals surface area contributed by atoms with Crippen LogP contribution in [0.1, 0.15) is 43.4 Å². The van der Waals surface area contributed by atoms with Crippen LogP contribution in [0.5, 0.6) is 0 Å². The van der Waals surface area contributed by atoms with E-state index in [-0.39, 0.29) is 11.5 Å². The van der Waals surface area contributed by atoms with E-state index in [9.17, 15) is 9.59 Å². The highest BCUT2D eigenvalue weighted by molar-refractivity contribution is 5.96. The molecule has 0 aliphatic rings. The van der Waals surface area contributed by atoms with Gasteiger partial charge in [-0.05, 0) is 48.2 Å². The fourth-order valence-corrected chi connectivity index (χ4v) is 2.48. The Morgan fingerprint density at radius 3 is 1.55 bits per heavy atom. The lowest BCUT2D eigenvalue weighted by Crippen LogP contribution is -2.18. The minimum atomic E-state index is -0.558. The number of carbonyl (C=O) groups is 2. The largest absolute Gasteiger partial charge is 0.446 e. The van der Waals surface area contributed by atoms with E-state index in [0.29, 0.717) is 0 Å². The van der Waals surface area contributed by atoms with E-state index in [1.54, 1.807) is 12.4 Å². The van der Waals surface area contributed by atoms with Crippen LogP contribution in [0.25, 0.3) is 0 Å². The maximum absolute atomic E-state index is 12.1. The number of amides is 2. The van der Waals surface area contributed by atoms with E-state index in [0.717, 1.165) is 22.3 Å². The van der Waals surface area contributed by atoms with Gasteiger partial charge in [-0.2, -0.15) is 10.2 Å². The molecule has 146 valence electrons. The van der Waals surface area contributed by atoms with Crippen molar-refractivity contribution in [1.82, 2.24) is 10.9 Å². The number of furan rings is 1. The van der Waals surface area contributed by atoms with Crippen LogP contribution >= 0.6 is 0 Å². The first-order valence-electron chi connectivity index (χ1n) is 8.92. The Hall–Kier alpha value is -4.00. The Morgan fingerprint density at radius 1 is 0.724 bits per heavy atom. The molecule has 0 spiro atoms. The van der Waals surface area contributed by atoms with E-state index in [4.69, 9.17) is 4.42 Å². The van der Waals surface area contributed by atoms with Gasteiger partial charge in [0.15, 0.2) is 11.5 Å². The molecule has 2 aromatic carbocycles. The van der Waals surface area contributed by atoms with E-state index in [2.05, 4.69) is 21.1 Å². The van der Waals surface area contributed by atoms with Crippen molar-refractivity contribution < 1.29 is 14.0 Å². The summed E-state index contributed by atoms with van der Waals surface area (Å²) in [6, 6.07) is 18.1. The number of hydrogen-bond donors (Lipinski definition) is 2. The number of hydrogen-bond acceptors (Lipinski definition) is 5. The number of carbonyl (C=O) groups excluding carboxylic acids is 2. The van der Waals surface area contributed by atoms with E-state index >= 15 is 0 Å². The molecule has 3 rings (SSSR count). The number of nitrogens with one attached hydrogen (secondary N) is 2. The fourth-order valence-electron chi connectivity index (χ4n) is 2.48. The molecular formula is C22H20N4O3. The summed E-state index contributed by atoms with van der Waals surface area (Å²) < 4.78 is 5.29. The fraction of sp³-hybridized carbons (Fsp3) is 0.0909. The molecule has 0 aliphatic heterocycles. The van der Waals surface area contributed by atoms with Gasteiger partial charge in [-0.3, -0.25) is 9.59 Å². The lowest BCUT2D eigenvalue weighted by molar-refractivity contribution is 0.0902. The lowest BCUT2D eigenvalue weighted by atomic mass is 10.1. The smallest absolute Gasteiger partial charge is 0.307 e. The first kappa shape index (κ1) is 19.8. The summed E-state index contributed by atoms with van der Waals surface area (Å²) in [6.07, 6.45) is 3.09. The molecule has 7 heteroatoms. The van der Waals surface area contributed by atoms with Gasteiger partial charge in [-0.25, -0.2) is 10.9 Å². The van der Waals surface area contributed by atoms with Crippen molar-refractivity contribution in [2.45, 2.75) is 13.8 Å². The van der Waals surface area contributed by atoms with Gasteiger partial charge in [-0.1, -0.05) is 48.5 Å². The number of nitrogens with zero attached hydrogens (tertiary/aromatic N) is 2. The zero-order chi connectivity index (χ0) is 20.6. The number of aryl methyl sites for hydroxylation is 2. The average Bonchev–Trinajstić information content (AvgIpc) is 3.21. The SMILES string of the molecule is Cc1ccccc1C=NNC(=O)c1ccc(C(=O)NN=Cc2ccccc2C)o1. The summed E-state index contributed by atoms with van der Waals surface area (Å²) in [5.74, 6) is -1.17. The van der Waals surface area contributed by atoms with Gasteiger partial charge in [0.05, 0.1) is 12.4 Å². The molecule has 1 aromatic heterocycles. The molecule has 0 aliphatic carbocycles. The second-order valence-corrected chi connectivity index (χ2v) is 6.28. The molecule has 3 aromatic rings. The second-order valence-electron chi connectivity index (χ2n) is 6.28. The van der Waals surface area contributed by atoms with E-state index < -0.39 is 11.8 Å². The summed E-state index contributed by atoms with van der Waals surface area (Å²) >= 11 is 0. The third-order valence-corrected chi connectivity index (χ3v) is 4.17. The van der Waals surface area contributed by atoms with Crippen molar-refractivity contribution in [2.75, 3.05) is 0 Å². The van der Waals surface area contributed by atoms with Crippen LogP contribution in [-0.4, -0.2) is 24.2 Å². The van der Waals surface area contributed by atoms with E-state index in [1.165, 1.54) is 12.1 Å². The van der Waals surface area contributed by atoms with Crippen molar-refractivity contribution in [3.8, 4) is 0 Å². The molecule has 0 radical (unpaired) electrons. The Balaban J connectivity index is 1.56. The van der Waals surface area contributed by atoms with Gasteiger partial charge in [0, 0.05) is 0 Å². The first-order valence-corrected chi connectivity index (χ1v) is 8.92. The predicted molar refractivity (Wildman–Crippen MR) is 111 cm³/mol. The van der Waals surface area contributed by atoms with Crippen LogP contribution in [0.3, 0.4) is 0 Å². The van der Waals surface area contributed by atoms with Crippen molar-refractivity contribution in [3.63, 3.8) is 0 Å². The monoisotopic (exact) mass is 388 g/mol. The Morgan fingerprint density at radius 2 is 1.14 bits per heavy atom. The minimum absolute atomic E-state index is 0.0278.